The van der Waals surface area contributed by atoms with Crippen molar-refractivity contribution < 1.29 is 13.2 Å². The molecule has 18 heavy (non-hydrogen) atoms. The van der Waals surface area contributed by atoms with Gasteiger partial charge in [-0.2, -0.15) is 0 Å². The number of thiophene rings is 1. The number of carbonyl (C=O) groups excluding carboxylic acids is 1. The quantitative estimate of drug-likeness (QED) is 0.839. The minimum absolute atomic E-state index is 0.0168. The highest BCUT2D eigenvalue weighted by Gasteiger charge is 2.30. The monoisotopic (exact) mass is 289 g/mol. The fraction of sp³-hybridized carbons (Fsp3) is 0.500. The van der Waals surface area contributed by atoms with Crippen LogP contribution in [0.3, 0.4) is 0 Å². The first kappa shape index (κ1) is 13.2. The molecule has 100 valence electrons. The smallest absolute Gasteiger partial charge is 0.261 e. The van der Waals surface area contributed by atoms with E-state index < -0.39 is 15.7 Å². The van der Waals surface area contributed by atoms with Crippen molar-refractivity contribution in [2.24, 2.45) is 5.73 Å². The largest absolute Gasteiger partial charge is 0.396 e. The first-order valence-electron chi connectivity index (χ1n) is 5.49. The maximum absolute atomic E-state index is 11.8. The topological polar surface area (TPSA) is 106 Å². The van der Waals surface area contributed by atoms with E-state index in [-0.39, 0.29) is 15.5 Å². The summed E-state index contributed by atoms with van der Waals surface area (Å²) in [6.07, 6.45) is 3.11. The van der Waals surface area contributed by atoms with Gasteiger partial charge in [-0.25, -0.2) is 8.42 Å². The van der Waals surface area contributed by atoms with Crippen LogP contribution in [0, 0.1) is 0 Å². The van der Waals surface area contributed by atoms with E-state index in [4.69, 9.17) is 11.5 Å². The second kappa shape index (κ2) is 4.43. The number of rotatable bonds is 3. The number of primary amides is 1. The Morgan fingerprint density at radius 3 is 2.33 bits per heavy atom. The fourth-order valence-corrected chi connectivity index (χ4v) is 4.70. The molecule has 6 nitrogen and oxygen atoms in total. The van der Waals surface area contributed by atoms with Crippen molar-refractivity contribution in [1.29, 1.82) is 0 Å². The summed E-state index contributed by atoms with van der Waals surface area (Å²) in [6.45, 7) is 1.56. The van der Waals surface area contributed by atoms with Gasteiger partial charge in [-0.3, -0.25) is 4.79 Å². The molecule has 2 heterocycles. The SMILES string of the molecule is CS(=O)(=O)c1c(N2CCCC2)sc(C(N)=O)c1N. The normalized spacial score (nSPS) is 16.2. The van der Waals surface area contributed by atoms with E-state index in [1.165, 1.54) is 0 Å². The van der Waals surface area contributed by atoms with E-state index in [9.17, 15) is 13.2 Å². The minimum Gasteiger partial charge on any atom is -0.396 e. The van der Waals surface area contributed by atoms with Crippen molar-refractivity contribution in [1.82, 2.24) is 0 Å². The molecule has 0 aromatic carbocycles. The molecule has 1 aliphatic rings. The summed E-state index contributed by atoms with van der Waals surface area (Å²) < 4.78 is 23.6. The summed E-state index contributed by atoms with van der Waals surface area (Å²) in [5.74, 6) is -0.687. The van der Waals surface area contributed by atoms with Crippen molar-refractivity contribution in [2.45, 2.75) is 17.7 Å². The highest BCUT2D eigenvalue weighted by Crippen LogP contribution is 2.42. The summed E-state index contributed by atoms with van der Waals surface area (Å²) in [5, 5.41) is 0.543. The molecule has 0 spiro atoms. The molecule has 1 saturated heterocycles. The number of anilines is 2. The molecule has 1 aromatic heterocycles. The molecule has 0 aliphatic carbocycles. The summed E-state index contributed by atoms with van der Waals surface area (Å²) in [6, 6.07) is 0. The van der Waals surface area contributed by atoms with Crippen LogP contribution < -0.4 is 16.4 Å². The lowest BCUT2D eigenvalue weighted by molar-refractivity contribution is 0.100. The van der Waals surface area contributed by atoms with Gasteiger partial charge in [-0.1, -0.05) is 0 Å². The zero-order valence-electron chi connectivity index (χ0n) is 9.97. The Hall–Kier alpha value is -1.28. The molecule has 0 radical (unpaired) electrons. The van der Waals surface area contributed by atoms with Crippen molar-refractivity contribution in [3.05, 3.63) is 4.88 Å². The molecular formula is C10H15N3O3S2. The van der Waals surface area contributed by atoms with E-state index >= 15 is 0 Å². The maximum Gasteiger partial charge on any atom is 0.261 e. The number of hydrogen-bond donors (Lipinski definition) is 2. The minimum atomic E-state index is -3.48. The van der Waals surface area contributed by atoms with Crippen molar-refractivity contribution in [3.63, 3.8) is 0 Å². The van der Waals surface area contributed by atoms with E-state index in [0.29, 0.717) is 5.00 Å². The van der Waals surface area contributed by atoms with Crippen molar-refractivity contribution in [3.8, 4) is 0 Å². The molecule has 1 aromatic rings. The molecule has 1 fully saturated rings. The summed E-state index contributed by atoms with van der Waals surface area (Å²) in [4.78, 5) is 13.4. The number of sulfone groups is 1. The maximum atomic E-state index is 11.8. The number of hydrogen-bond acceptors (Lipinski definition) is 6. The van der Waals surface area contributed by atoms with Gasteiger partial charge < -0.3 is 16.4 Å². The number of carbonyl (C=O) groups is 1. The molecule has 0 bridgehead atoms. The average molecular weight is 289 g/mol. The molecule has 1 aliphatic heterocycles. The van der Waals surface area contributed by atoms with Gasteiger partial charge >= 0.3 is 0 Å². The van der Waals surface area contributed by atoms with Crippen LogP contribution in [-0.2, 0) is 9.84 Å². The summed E-state index contributed by atoms with van der Waals surface area (Å²) >= 11 is 1.07. The molecule has 8 heteroatoms. The van der Waals surface area contributed by atoms with Gasteiger partial charge in [0, 0.05) is 19.3 Å². The lowest BCUT2D eigenvalue weighted by Crippen LogP contribution is -2.18. The lowest BCUT2D eigenvalue weighted by atomic mass is 10.4. The fourth-order valence-electron chi connectivity index (χ4n) is 2.09. The molecule has 1 amide bonds. The summed E-state index contributed by atoms with van der Waals surface area (Å²) in [7, 11) is -3.48. The van der Waals surface area contributed by atoms with Gasteiger partial charge in [0.15, 0.2) is 9.84 Å². The highest BCUT2D eigenvalue weighted by atomic mass is 32.2. The van der Waals surface area contributed by atoms with Crippen LogP contribution in [0.2, 0.25) is 0 Å². The number of nitrogens with zero attached hydrogens (tertiary/aromatic N) is 1. The predicted molar refractivity (Wildman–Crippen MR) is 71.8 cm³/mol. The first-order chi connectivity index (χ1) is 8.32. The van der Waals surface area contributed by atoms with Crippen LogP contribution in [0.15, 0.2) is 4.90 Å². The molecular weight excluding hydrogens is 274 g/mol. The zero-order valence-corrected chi connectivity index (χ0v) is 11.6. The van der Waals surface area contributed by atoms with E-state index in [1.54, 1.807) is 0 Å². The Kier molecular flexibility index (Phi) is 3.24. The van der Waals surface area contributed by atoms with Crippen LogP contribution in [0.1, 0.15) is 22.5 Å². The van der Waals surface area contributed by atoms with Crippen LogP contribution in [-0.4, -0.2) is 33.7 Å². The molecule has 0 atom stereocenters. The Bertz CT molecular complexity index is 586. The third-order valence-corrected chi connectivity index (χ3v) is 5.44. The second-order valence-electron chi connectivity index (χ2n) is 4.31. The van der Waals surface area contributed by atoms with Crippen LogP contribution >= 0.6 is 11.3 Å². The van der Waals surface area contributed by atoms with Gasteiger partial charge in [-0.05, 0) is 12.8 Å². The standard InChI is InChI=1S/C10H15N3O3S2/c1-18(15,16)8-6(11)7(9(12)14)17-10(8)13-4-2-3-5-13/h2-5,11H2,1H3,(H2,12,14). The highest BCUT2D eigenvalue weighted by molar-refractivity contribution is 7.91. The van der Waals surface area contributed by atoms with E-state index in [1.807, 2.05) is 4.90 Å². The van der Waals surface area contributed by atoms with Crippen LogP contribution in [0.25, 0.3) is 0 Å². The second-order valence-corrected chi connectivity index (χ2v) is 7.26. The molecule has 4 N–H and O–H groups in total. The molecule has 0 saturated carbocycles. The third kappa shape index (κ3) is 2.17. The molecule has 2 rings (SSSR count). The lowest BCUT2D eigenvalue weighted by Gasteiger charge is -2.16. The zero-order chi connectivity index (χ0) is 13.5. The first-order valence-corrected chi connectivity index (χ1v) is 8.20. The Balaban J connectivity index is 2.64. The Morgan fingerprint density at radius 1 is 1.33 bits per heavy atom. The van der Waals surface area contributed by atoms with Gasteiger partial charge in [0.05, 0.1) is 5.69 Å². The number of amides is 1. The predicted octanol–water partition coefficient (Wildman–Crippen LogP) is 0.433. The Morgan fingerprint density at radius 2 is 1.89 bits per heavy atom. The number of nitrogen functional groups attached to an aromatic ring is 1. The van der Waals surface area contributed by atoms with Crippen molar-refractivity contribution >= 4 is 37.8 Å². The van der Waals surface area contributed by atoms with Gasteiger partial charge in [0.1, 0.15) is 14.8 Å². The van der Waals surface area contributed by atoms with Crippen LogP contribution in [0.4, 0.5) is 10.7 Å². The number of nitrogens with two attached hydrogens (primary N) is 2. The summed E-state index contributed by atoms with van der Waals surface area (Å²) in [5.41, 5.74) is 11.0. The van der Waals surface area contributed by atoms with Crippen molar-refractivity contribution in [2.75, 3.05) is 30.0 Å². The van der Waals surface area contributed by atoms with Gasteiger partial charge in [0.25, 0.3) is 5.91 Å². The average Bonchev–Trinajstić information content (AvgIpc) is 2.81. The van der Waals surface area contributed by atoms with Gasteiger partial charge in [-0.15, -0.1) is 11.3 Å². The Labute approximate surface area is 109 Å². The third-order valence-electron chi connectivity index (χ3n) is 2.87. The van der Waals surface area contributed by atoms with E-state index in [0.717, 1.165) is 43.5 Å². The van der Waals surface area contributed by atoms with Gasteiger partial charge in [0.2, 0.25) is 0 Å². The van der Waals surface area contributed by atoms with Crippen LogP contribution in [0.5, 0.6) is 0 Å². The van der Waals surface area contributed by atoms with E-state index in [2.05, 4.69) is 0 Å². The molecule has 0 unspecified atom stereocenters.